The van der Waals surface area contributed by atoms with E-state index in [1.165, 1.54) is 24.3 Å². The lowest BCUT2D eigenvalue weighted by Gasteiger charge is -2.18. The summed E-state index contributed by atoms with van der Waals surface area (Å²) >= 11 is 0. The first-order valence-electron chi connectivity index (χ1n) is 12.9. The largest absolute Gasteiger partial charge is 0.313 e. The molecule has 188 valence electrons. The van der Waals surface area contributed by atoms with E-state index in [1.54, 1.807) is 12.1 Å². The minimum atomic E-state index is -0.341. The second kappa shape index (κ2) is 9.44. The topological polar surface area (TPSA) is 30.7 Å². The van der Waals surface area contributed by atoms with Crippen LogP contribution in [0.1, 0.15) is 18.5 Å². The fourth-order valence-electron chi connectivity index (χ4n) is 5.39. The summed E-state index contributed by atoms with van der Waals surface area (Å²) in [5, 5.41) is 1.39. The van der Waals surface area contributed by atoms with Crippen LogP contribution in [0.4, 0.5) is 8.78 Å². The first-order chi connectivity index (χ1) is 19.1. The highest BCUT2D eigenvalue weighted by atomic mass is 19.1. The molecule has 0 N–H and O–H groups in total. The van der Waals surface area contributed by atoms with Gasteiger partial charge in [-0.2, -0.15) is 0 Å². The SMILES string of the molecule is Fc1ccc2c(c1)c1cc(F)ccc1n2C1=CC(c2cc(-c3ccccc3)nc(-c3ccccc3)n2)=CCC1. The summed E-state index contributed by atoms with van der Waals surface area (Å²) in [7, 11) is 0. The molecule has 1 aliphatic carbocycles. The van der Waals surface area contributed by atoms with Crippen molar-refractivity contribution in [2.75, 3.05) is 0 Å². The van der Waals surface area contributed by atoms with Crippen molar-refractivity contribution in [1.29, 1.82) is 0 Å². The van der Waals surface area contributed by atoms with Gasteiger partial charge in [0.1, 0.15) is 11.6 Å². The van der Waals surface area contributed by atoms with Crippen molar-refractivity contribution in [3.8, 4) is 22.6 Å². The molecule has 0 radical (unpaired) electrons. The van der Waals surface area contributed by atoms with E-state index in [-0.39, 0.29) is 11.6 Å². The molecule has 5 heteroatoms. The van der Waals surface area contributed by atoms with Gasteiger partial charge in [-0.25, -0.2) is 18.7 Å². The quantitative estimate of drug-likeness (QED) is 0.237. The van der Waals surface area contributed by atoms with E-state index < -0.39 is 0 Å². The Morgan fingerprint density at radius 2 is 1.21 bits per heavy atom. The lowest BCUT2D eigenvalue weighted by atomic mass is 9.99. The molecule has 0 fully saturated rings. The van der Waals surface area contributed by atoms with Crippen LogP contribution in [0, 0.1) is 11.6 Å². The Kier molecular flexibility index (Phi) is 5.63. The molecule has 1 aliphatic rings. The Morgan fingerprint density at radius 3 is 1.85 bits per heavy atom. The predicted molar refractivity (Wildman–Crippen MR) is 154 cm³/mol. The van der Waals surface area contributed by atoms with Crippen LogP contribution in [-0.2, 0) is 0 Å². The van der Waals surface area contributed by atoms with Gasteiger partial charge in [0.05, 0.1) is 22.4 Å². The second-order valence-electron chi connectivity index (χ2n) is 9.69. The lowest BCUT2D eigenvalue weighted by Crippen LogP contribution is -2.03. The van der Waals surface area contributed by atoms with Gasteiger partial charge < -0.3 is 4.57 Å². The van der Waals surface area contributed by atoms with Crippen LogP contribution in [0.2, 0.25) is 0 Å². The molecule has 7 rings (SSSR count). The zero-order chi connectivity index (χ0) is 26.3. The first kappa shape index (κ1) is 23.2. The number of rotatable bonds is 4. The molecule has 0 atom stereocenters. The van der Waals surface area contributed by atoms with Crippen molar-refractivity contribution in [2.24, 2.45) is 0 Å². The highest BCUT2D eigenvalue weighted by molar-refractivity contribution is 6.10. The summed E-state index contributed by atoms with van der Waals surface area (Å²) < 4.78 is 30.5. The van der Waals surface area contributed by atoms with E-state index in [4.69, 9.17) is 9.97 Å². The second-order valence-corrected chi connectivity index (χ2v) is 9.69. The Balaban J connectivity index is 1.41. The van der Waals surface area contributed by atoms with Gasteiger partial charge in [-0.1, -0.05) is 66.7 Å². The molecule has 2 heterocycles. The van der Waals surface area contributed by atoms with Gasteiger partial charge in [0.25, 0.3) is 0 Å². The highest BCUT2D eigenvalue weighted by Gasteiger charge is 2.19. The van der Waals surface area contributed by atoms with E-state index >= 15 is 0 Å². The van der Waals surface area contributed by atoms with Gasteiger partial charge >= 0.3 is 0 Å². The average Bonchev–Trinajstić information content (AvgIpc) is 3.30. The van der Waals surface area contributed by atoms with E-state index in [0.29, 0.717) is 16.6 Å². The molecule has 0 amide bonds. The van der Waals surface area contributed by atoms with Crippen molar-refractivity contribution < 1.29 is 8.78 Å². The van der Waals surface area contributed by atoms with E-state index in [9.17, 15) is 8.78 Å². The van der Waals surface area contributed by atoms with Crippen LogP contribution in [-0.4, -0.2) is 14.5 Å². The predicted octanol–water partition coefficient (Wildman–Crippen LogP) is 8.92. The lowest BCUT2D eigenvalue weighted by molar-refractivity contribution is 0.628. The highest BCUT2D eigenvalue weighted by Crippen LogP contribution is 2.37. The molecule has 0 saturated heterocycles. The Labute approximate surface area is 224 Å². The smallest absolute Gasteiger partial charge is 0.160 e. The zero-order valence-corrected chi connectivity index (χ0v) is 21.0. The number of halogens is 2. The molecular weight excluding hydrogens is 488 g/mol. The minimum Gasteiger partial charge on any atom is -0.313 e. The standard InChI is InChI=1S/C34H23F2N3/c35-25-14-16-32-28(19-25)29-20-26(36)15-17-33(29)39(32)27-13-7-12-24(18-27)31-21-30(22-8-3-1-4-9-22)37-34(38-31)23-10-5-2-6-11-23/h1-6,8-12,14-21H,7,13H2. The molecule has 0 aliphatic heterocycles. The van der Waals surface area contributed by atoms with E-state index in [2.05, 4.69) is 16.7 Å². The Bertz CT molecular complexity index is 1800. The molecule has 6 aromatic rings. The third-order valence-electron chi connectivity index (χ3n) is 7.19. The molecule has 0 spiro atoms. The fraction of sp³-hybridized carbons (Fsp3) is 0.0588. The van der Waals surface area contributed by atoms with Gasteiger partial charge in [0, 0.05) is 27.6 Å². The Hall–Kier alpha value is -4.90. The minimum absolute atomic E-state index is 0.341. The van der Waals surface area contributed by atoms with Crippen LogP contribution < -0.4 is 0 Å². The van der Waals surface area contributed by atoms with Crippen molar-refractivity contribution in [1.82, 2.24) is 14.5 Å². The molecule has 0 bridgehead atoms. The van der Waals surface area contributed by atoms with Gasteiger partial charge in [0.2, 0.25) is 0 Å². The monoisotopic (exact) mass is 511 g/mol. The van der Waals surface area contributed by atoms with Crippen LogP contribution in [0.5, 0.6) is 0 Å². The molecule has 4 aromatic carbocycles. The number of aromatic nitrogens is 3. The molecule has 3 nitrogen and oxygen atoms in total. The van der Waals surface area contributed by atoms with E-state index in [0.717, 1.165) is 57.7 Å². The number of hydrogen-bond donors (Lipinski definition) is 0. The van der Waals surface area contributed by atoms with Crippen molar-refractivity contribution in [2.45, 2.75) is 12.8 Å². The van der Waals surface area contributed by atoms with Crippen LogP contribution in [0.25, 0.3) is 55.7 Å². The summed E-state index contributed by atoms with van der Waals surface area (Å²) in [4.78, 5) is 9.88. The maximum Gasteiger partial charge on any atom is 0.160 e. The Morgan fingerprint density at radius 1 is 0.615 bits per heavy atom. The third-order valence-corrected chi connectivity index (χ3v) is 7.19. The van der Waals surface area contributed by atoms with Crippen molar-refractivity contribution in [3.63, 3.8) is 0 Å². The molecule has 0 saturated carbocycles. The van der Waals surface area contributed by atoms with Crippen molar-refractivity contribution in [3.05, 3.63) is 133 Å². The normalized spacial score (nSPS) is 13.5. The van der Waals surface area contributed by atoms with Gasteiger partial charge in [-0.15, -0.1) is 0 Å². The van der Waals surface area contributed by atoms with Crippen LogP contribution >= 0.6 is 0 Å². The van der Waals surface area contributed by atoms with E-state index in [1.807, 2.05) is 66.7 Å². The van der Waals surface area contributed by atoms with Crippen LogP contribution in [0.15, 0.2) is 115 Å². The molecular formula is C34H23F2N3. The fourth-order valence-corrected chi connectivity index (χ4v) is 5.39. The van der Waals surface area contributed by atoms with Gasteiger partial charge in [-0.05, 0) is 67.0 Å². The summed E-state index contributed by atoms with van der Waals surface area (Å²) in [6.45, 7) is 0. The molecule has 2 aromatic heterocycles. The molecule has 0 unspecified atom stereocenters. The first-order valence-corrected chi connectivity index (χ1v) is 12.9. The number of benzene rings is 4. The number of nitrogens with zero attached hydrogens (tertiary/aromatic N) is 3. The number of fused-ring (bicyclic) bond motifs is 3. The van der Waals surface area contributed by atoms with Gasteiger partial charge in [0.15, 0.2) is 5.82 Å². The van der Waals surface area contributed by atoms with Crippen molar-refractivity contribution >= 4 is 33.1 Å². The average molecular weight is 512 g/mol. The summed E-state index contributed by atoms with van der Waals surface area (Å²) in [6.07, 6.45) is 5.94. The zero-order valence-electron chi connectivity index (χ0n) is 21.0. The number of hydrogen-bond acceptors (Lipinski definition) is 2. The molecule has 39 heavy (non-hydrogen) atoms. The summed E-state index contributed by atoms with van der Waals surface area (Å²) in [5.74, 6) is -0.0185. The summed E-state index contributed by atoms with van der Waals surface area (Å²) in [5.41, 5.74) is 7.39. The van der Waals surface area contributed by atoms with Crippen LogP contribution in [0.3, 0.4) is 0 Å². The maximum atomic E-state index is 14.2. The maximum absolute atomic E-state index is 14.2. The van der Waals surface area contributed by atoms with Gasteiger partial charge in [-0.3, -0.25) is 0 Å². The third kappa shape index (κ3) is 4.22. The summed E-state index contributed by atoms with van der Waals surface area (Å²) in [6, 6.07) is 31.5. The number of allylic oxidation sites excluding steroid dienone is 4.